The minimum atomic E-state index is 0.751. The molecule has 0 saturated carbocycles. The highest BCUT2D eigenvalue weighted by molar-refractivity contribution is 5.43. The summed E-state index contributed by atoms with van der Waals surface area (Å²) in [5.41, 5.74) is 1.19. The molecule has 0 spiro atoms. The van der Waals surface area contributed by atoms with Crippen LogP contribution in [0.4, 0.5) is 0 Å². The van der Waals surface area contributed by atoms with Crippen LogP contribution in [0.5, 0.6) is 11.5 Å². The highest BCUT2D eigenvalue weighted by Crippen LogP contribution is 2.27. The van der Waals surface area contributed by atoms with Gasteiger partial charge in [-0.05, 0) is 36.5 Å². The van der Waals surface area contributed by atoms with Crippen molar-refractivity contribution in [2.45, 2.75) is 47.0 Å². The van der Waals surface area contributed by atoms with Gasteiger partial charge in [-0.2, -0.15) is 0 Å². The van der Waals surface area contributed by atoms with E-state index in [-0.39, 0.29) is 0 Å². The lowest BCUT2D eigenvalue weighted by Crippen LogP contribution is -2.01. The van der Waals surface area contributed by atoms with Gasteiger partial charge in [-0.3, -0.25) is 0 Å². The average molecular weight is 249 g/mol. The van der Waals surface area contributed by atoms with E-state index in [2.05, 4.69) is 39.8 Å². The summed E-state index contributed by atoms with van der Waals surface area (Å²) in [6.07, 6.45) is 3.26. The fourth-order valence-electron chi connectivity index (χ4n) is 1.58. The molecule has 0 saturated heterocycles. The highest BCUT2D eigenvalue weighted by Gasteiger charge is 2.06. The zero-order valence-electron chi connectivity index (χ0n) is 12.1. The largest absolute Gasteiger partial charge is 0.493 e. The normalized spacial score (nSPS) is 10.7. The number of unbranched alkanes of at least 4 members (excludes halogenated alkanes) is 1. The molecular weight excluding hydrogens is 224 g/mol. The molecule has 1 radical (unpaired) electrons. The summed E-state index contributed by atoms with van der Waals surface area (Å²) >= 11 is 0. The smallest absolute Gasteiger partial charge is 0.123 e. The van der Waals surface area contributed by atoms with Crippen molar-refractivity contribution in [3.8, 4) is 11.5 Å². The standard InChI is InChI=1S/C16H25O2/c1-5-7-9-18-16-11-14(13(3)4)10-15(12-16)17-8-6-2/h10-12H,5-9H2,1-4H3. The number of ether oxygens (including phenoxy) is 2. The number of hydrogen-bond acceptors (Lipinski definition) is 2. The van der Waals surface area contributed by atoms with Crippen LogP contribution in [0.2, 0.25) is 0 Å². The van der Waals surface area contributed by atoms with E-state index in [0.29, 0.717) is 0 Å². The van der Waals surface area contributed by atoms with Crippen molar-refractivity contribution < 1.29 is 9.47 Å². The molecular formula is C16H25O2. The molecule has 0 heterocycles. The van der Waals surface area contributed by atoms with Crippen molar-refractivity contribution in [1.29, 1.82) is 0 Å². The van der Waals surface area contributed by atoms with E-state index in [9.17, 15) is 0 Å². The van der Waals surface area contributed by atoms with Gasteiger partial charge in [-0.1, -0.05) is 34.1 Å². The third kappa shape index (κ3) is 4.99. The van der Waals surface area contributed by atoms with Crippen molar-refractivity contribution in [2.24, 2.45) is 0 Å². The first kappa shape index (κ1) is 14.9. The Morgan fingerprint density at radius 3 is 2.00 bits per heavy atom. The van der Waals surface area contributed by atoms with Gasteiger partial charge in [0.2, 0.25) is 0 Å². The number of rotatable bonds is 8. The maximum absolute atomic E-state index is 5.76. The summed E-state index contributed by atoms with van der Waals surface area (Å²) in [4.78, 5) is 0. The lowest BCUT2D eigenvalue weighted by Gasteiger charge is -2.13. The molecule has 0 aromatic heterocycles. The average Bonchev–Trinajstić information content (AvgIpc) is 2.36. The van der Waals surface area contributed by atoms with E-state index in [4.69, 9.17) is 9.47 Å². The second-order valence-electron chi connectivity index (χ2n) is 4.74. The van der Waals surface area contributed by atoms with Crippen LogP contribution >= 0.6 is 0 Å². The molecule has 0 aliphatic carbocycles. The topological polar surface area (TPSA) is 18.5 Å². The summed E-state index contributed by atoms with van der Waals surface area (Å²) in [5, 5.41) is 0. The molecule has 0 fully saturated rings. The van der Waals surface area contributed by atoms with Crippen LogP contribution in [0.15, 0.2) is 18.2 Å². The van der Waals surface area contributed by atoms with Crippen molar-refractivity contribution >= 4 is 0 Å². The number of hydrogen-bond donors (Lipinski definition) is 0. The Balaban J connectivity index is 2.77. The van der Waals surface area contributed by atoms with Gasteiger partial charge in [-0.15, -0.1) is 0 Å². The highest BCUT2D eigenvalue weighted by atomic mass is 16.5. The number of benzene rings is 1. The molecule has 0 N–H and O–H groups in total. The van der Waals surface area contributed by atoms with Crippen LogP contribution in [-0.4, -0.2) is 13.2 Å². The Bertz CT molecular complexity index is 345. The maximum atomic E-state index is 5.76. The van der Waals surface area contributed by atoms with Crippen molar-refractivity contribution in [3.05, 3.63) is 29.7 Å². The quantitative estimate of drug-likeness (QED) is 0.626. The van der Waals surface area contributed by atoms with Crippen LogP contribution in [0.3, 0.4) is 0 Å². The van der Waals surface area contributed by atoms with Gasteiger partial charge in [0, 0.05) is 6.07 Å². The van der Waals surface area contributed by atoms with Gasteiger partial charge < -0.3 is 9.47 Å². The van der Waals surface area contributed by atoms with Crippen LogP contribution in [0.25, 0.3) is 0 Å². The summed E-state index contributed by atoms with van der Waals surface area (Å²) in [6, 6.07) is 6.15. The molecule has 1 aromatic rings. The van der Waals surface area contributed by atoms with E-state index >= 15 is 0 Å². The van der Waals surface area contributed by atoms with E-state index in [1.807, 2.05) is 6.07 Å². The van der Waals surface area contributed by atoms with Gasteiger partial charge >= 0.3 is 0 Å². The second-order valence-corrected chi connectivity index (χ2v) is 4.74. The van der Waals surface area contributed by atoms with Crippen LogP contribution in [0.1, 0.15) is 52.5 Å². The second kappa shape index (κ2) is 8.02. The first-order valence-corrected chi connectivity index (χ1v) is 6.88. The van der Waals surface area contributed by atoms with Gasteiger partial charge in [-0.25, -0.2) is 0 Å². The first-order chi connectivity index (χ1) is 8.67. The van der Waals surface area contributed by atoms with E-state index in [1.165, 1.54) is 11.5 Å². The van der Waals surface area contributed by atoms with Crippen LogP contribution < -0.4 is 9.47 Å². The predicted octanol–water partition coefficient (Wildman–Crippen LogP) is 4.62. The van der Waals surface area contributed by atoms with E-state index in [1.54, 1.807) is 0 Å². The van der Waals surface area contributed by atoms with E-state index in [0.717, 1.165) is 44.0 Å². The lowest BCUT2D eigenvalue weighted by atomic mass is 10.0. The fraction of sp³-hybridized carbons (Fsp3) is 0.562. The Morgan fingerprint density at radius 1 is 0.889 bits per heavy atom. The summed E-state index contributed by atoms with van der Waals surface area (Å²) in [6.45, 7) is 10.0. The Hall–Kier alpha value is -1.18. The Kier molecular flexibility index (Phi) is 6.63. The van der Waals surface area contributed by atoms with Gasteiger partial charge in [0.15, 0.2) is 0 Å². The molecule has 18 heavy (non-hydrogen) atoms. The van der Waals surface area contributed by atoms with E-state index < -0.39 is 0 Å². The Morgan fingerprint density at radius 2 is 1.50 bits per heavy atom. The minimum absolute atomic E-state index is 0.751. The van der Waals surface area contributed by atoms with Crippen molar-refractivity contribution in [1.82, 2.24) is 0 Å². The third-order valence-corrected chi connectivity index (χ3v) is 2.70. The molecule has 2 nitrogen and oxygen atoms in total. The molecule has 0 atom stereocenters. The van der Waals surface area contributed by atoms with Crippen LogP contribution in [-0.2, 0) is 0 Å². The molecule has 0 aliphatic heterocycles. The zero-order chi connectivity index (χ0) is 13.4. The molecule has 0 unspecified atom stereocenters. The fourth-order valence-corrected chi connectivity index (χ4v) is 1.58. The van der Waals surface area contributed by atoms with Crippen molar-refractivity contribution in [2.75, 3.05) is 13.2 Å². The van der Waals surface area contributed by atoms with Gasteiger partial charge in [0.05, 0.1) is 13.2 Å². The minimum Gasteiger partial charge on any atom is -0.493 e. The van der Waals surface area contributed by atoms with Gasteiger partial charge in [0.1, 0.15) is 11.5 Å². The van der Waals surface area contributed by atoms with Crippen LogP contribution in [0, 0.1) is 5.92 Å². The van der Waals surface area contributed by atoms with Gasteiger partial charge in [0.25, 0.3) is 0 Å². The molecule has 101 valence electrons. The Labute approximate surface area is 111 Å². The summed E-state index contributed by atoms with van der Waals surface area (Å²) in [7, 11) is 0. The van der Waals surface area contributed by atoms with Crippen molar-refractivity contribution in [3.63, 3.8) is 0 Å². The summed E-state index contributed by atoms with van der Waals surface area (Å²) in [5.74, 6) is 3.09. The molecule has 0 bridgehead atoms. The molecule has 0 aliphatic rings. The molecule has 1 rings (SSSR count). The SMILES string of the molecule is CCCCOc1cc(OCCC)cc([C](C)C)c1. The third-order valence-electron chi connectivity index (χ3n) is 2.70. The summed E-state index contributed by atoms with van der Waals surface area (Å²) < 4.78 is 11.5. The molecule has 1 aromatic carbocycles. The first-order valence-electron chi connectivity index (χ1n) is 6.88. The monoisotopic (exact) mass is 249 g/mol. The lowest BCUT2D eigenvalue weighted by molar-refractivity contribution is 0.297. The molecule has 0 amide bonds. The predicted molar refractivity (Wildman–Crippen MR) is 76.3 cm³/mol. The zero-order valence-corrected chi connectivity index (χ0v) is 12.1. The maximum Gasteiger partial charge on any atom is 0.123 e. The molecule has 2 heteroatoms.